The van der Waals surface area contributed by atoms with Gasteiger partial charge in [0.2, 0.25) is 5.91 Å². The maximum atomic E-state index is 12.1. The number of carbonyl (C=O) groups excluding carboxylic acids is 1. The van der Waals surface area contributed by atoms with Gasteiger partial charge in [-0.05, 0) is 30.0 Å². The van der Waals surface area contributed by atoms with Crippen LogP contribution >= 0.6 is 0 Å². The minimum atomic E-state index is 0.0454. The van der Waals surface area contributed by atoms with Crippen molar-refractivity contribution in [2.24, 2.45) is 0 Å². The van der Waals surface area contributed by atoms with Crippen LogP contribution in [0, 0.1) is 6.92 Å². The van der Waals surface area contributed by atoms with E-state index in [1.165, 1.54) is 0 Å². The van der Waals surface area contributed by atoms with Crippen molar-refractivity contribution in [1.82, 2.24) is 29.6 Å². The SMILES string of the molecule is Cc1c(N)cncc1-c1cc2cc(Nc3cc4n(n3)CC(=O)N(C)CC4)ncc2c(N)n1. The smallest absolute Gasteiger partial charge is 0.244 e. The van der Waals surface area contributed by atoms with Crippen LogP contribution in [0.1, 0.15) is 11.3 Å². The van der Waals surface area contributed by atoms with Crippen molar-refractivity contribution >= 4 is 39.8 Å². The standard InChI is InChI=1S/C22H23N9O/c1-12-15(8-25-10-17(12)23)18-5-13-6-19(26-9-16(13)22(24)27-18)28-20-7-14-3-4-30(2)21(32)11-31(14)29-20/h5-10H,3-4,11,23H2,1-2H3,(H2,24,27)(H,26,28,29). The minimum absolute atomic E-state index is 0.0454. The van der Waals surface area contributed by atoms with Gasteiger partial charge in [0.25, 0.3) is 0 Å². The lowest BCUT2D eigenvalue weighted by Crippen LogP contribution is -2.29. The molecule has 162 valence electrons. The van der Waals surface area contributed by atoms with E-state index in [1.54, 1.807) is 28.2 Å². The fraction of sp³-hybridized carbons (Fsp3) is 0.227. The molecule has 0 fully saturated rings. The second-order valence-electron chi connectivity index (χ2n) is 7.95. The summed E-state index contributed by atoms with van der Waals surface area (Å²) in [6, 6.07) is 5.79. The molecule has 4 aromatic rings. The summed E-state index contributed by atoms with van der Waals surface area (Å²) in [6.45, 7) is 2.84. The highest BCUT2D eigenvalue weighted by Crippen LogP contribution is 2.30. The summed E-state index contributed by atoms with van der Waals surface area (Å²) >= 11 is 0. The number of pyridine rings is 3. The van der Waals surface area contributed by atoms with Gasteiger partial charge >= 0.3 is 0 Å². The lowest BCUT2D eigenvalue weighted by molar-refractivity contribution is -0.130. The monoisotopic (exact) mass is 429 g/mol. The van der Waals surface area contributed by atoms with E-state index in [0.717, 1.165) is 34.0 Å². The Kier molecular flexibility index (Phi) is 4.62. The lowest BCUT2D eigenvalue weighted by Gasteiger charge is -2.12. The van der Waals surface area contributed by atoms with Crippen LogP contribution in [0.25, 0.3) is 22.0 Å². The zero-order valence-corrected chi connectivity index (χ0v) is 17.8. The molecule has 0 aliphatic carbocycles. The maximum absolute atomic E-state index is 12.1. The number of anilines is 4. The number of aromatic nitrogens is 5. The van der Waals surface area contributed by atoms with Crippen LogP contribution < -0.4 is 16.8 Å². The van der Waals surface area contributed by atoms with Gasteiger partial charge in [0.15, 0.2) is 5.82 Å². The first-order valence-electron chi connectivity index (χ1n) is 10.2. The van der Waals surface area contributed by atoms with Crippen LogP contribution in [0.3, 0.4) is 0 Å². The van der Waals surface area contributed by atoms with Gasteiger partial charge in [-0.3, -0.25) is 14.5 Å². The third-order valence-electron chi connectivity index (χ3n) is 5.81. The molecular weight excluding hydrogens is 406 g/mol. The maximum Gasteiger partial charge on any atom is 0.244 e. The molecule has 0 aromatic carbocycles. The summed E-state index contributed by atoms with van der Waals surface area (Å²) in [4.78, 5) is 27.0. The van der Waals surface area contributed by atoms with E-state index in [9.17, 15) is 4.79 Å². The Morgan fingerprint density at radius 1 is 1.09 bits per heavy atom. The van der Waals surface area contributed by atoms with E-state index in [0.29, 0.717) is 35.4 Å². The molecule has 1 aliphatic heterocycles. The summed E-state index contributed by atoms with van der Waals surface area (Å²) in [5.41, 5.74) is 16.3. The molecule has 0 saturated heterocycles. The first kappa shape index (κ1) is 19.7. The molecule has 5 heterocycles. The number of carbonyl (C=O) groups is 1. The highest BCUT2D eigenvalue weighted by molar-refractivity contribution is 5.95. The molecule has 0 radical (unpaired) electrons. The van der Waals surface area contributed by atoms with E-state index in [1.807, 2.05) is 32.2 Å². The van der Waals surface area contributed by atoms with Crippen LogP contribution in [0.15, 0.2) is 36.8 Å². The van der Waals surface area contributed by atoms with E-state index < -0.39 is 0 Å². The van der Waals surface area contributed by atoms with Crippen LogP contribution in [0.2, 0.25) is 0 Å². The molecule has 5 rings (SSSR count). The molecule has 5 N–H and O–H groups in total. The summed E-state index contributed by atoms with van der Waals surface area (Å²) < 4.78 is 1.74. The molecule has 0 bridgehead atoms. The third kappa shape index (κ3) is 3.45. The van der Waals surface area contributed by atoms with Gasteiger partial charge in [-0.25, -0.2) is 9.97 Å². The molecule has 0 atom stereocenters. The fourth-order valence-electron chi connectivity index (χ4n) is 3.82. The molecule has 10 nitrogen and oxygen atoms in total. The number of rotatable bonds is 3. The molecule has 10 heteroatoms. The van der Waals surface area contributed by atoms with Crippen LogP contribution in [0.5, 0.6) is 0 Å². The average molecular weight is 429 g/mol. The first-order valence-corrected chi connectivity index (χ1v) is 10.2. The molecule has 0 spiro atoms. The van der Waals surface area contributed by atoms with E-state index in [-0.39, 0.29) is 12.5 Å². The van der Waals surface area contributed by atoms with Crippen molar-refractivity contribution in [2.45, 2.75) is 19.9 Å². The third-order valence-corrected chi connectivity index (χ3v) is 5.81. The zero-order valence-electron chi connectivity index (χ0n) is 17.8. The van der Waals surface area contributed by atoms with Crippen molar-refractivity contribution in [3.05, 3.63) is 48.0 Å². The summed E-state index contributed by atoms with van der Waals surface area (Å²) in [5.74, 6) is 1.69. The molecule has 0 unspecified atom stereocenters. The Labute approximate surface area is 184 Å². The lowest BCUT2D eigenvalue weighted by atomic mass is 10.0. The molecular formula is C22H23N9O. The number of fused-ring (bicyclic) bond motifs is 2. The number of hydrogen-bond acceptors (Lipinski definition) is 8. The van der Waals surface area contributed by atoms with Crippen molar-refractivity contribution in [1.29, 1.82) is 0 Å². The van der Waals surface area contributed by atoms with Crippen molar-refractivity contribution in [3.8, 4) is 11.3 Å². The van der Waals surface area contributed by atoms with Crippen molar-refractivity contribution in [3.63, 3.8) is 0 Å². The predicted molar refractivity (Wildman–Crippen MR) is 123 cm³/mol. The normalized spacial score (nSPS) is 13.8. The summed E-state index contributed by atoms with van der Waals surface area (Å²) in [7, 11) is 1.81. The quantitative estimate of drug-likeness (QED) is 0.450. The largest absolute Gasteiger partial charge is 0.397 e. The number of nitrogens with one attached hydrogen (secondary N) is 1. The topological polar surface area (TPSA) is 141 Å². The van der Waals surface area contributed by atoms with Crippen LogP contribution in [-0.4, -0.2) is 49.1 Å². The van der Waals surface area contributed by atoms with E-state index in [2.05, 4.69) is 25.4 Å². The van der Waals surface area contributed by atoms with Gasteiger partial charge < -0.3 is 21.7 Å². The number of nitrogens with zero attached hydrogens (tertiary/aromatic N) is 6. The molecule has 1 aliphatic rings. The Hall–Kier alpha value is -4.21. The van der Waals surface area contributed by atoms with Gasteiger partial charge in [0.05, 0.1) is 17.6 Å². The minimum Gasteiger partial charge on any atom is -0.397 e. The molecule has 32 heavy (non-hydrogen) atoms. The van der Waals surface area contributed by atoms with Gasteiger partial charge in [0.1, 0.15) is 18.2 Å². The van der Waals surface area contributed by atoms with Gasteiger partial charge in [-0.1, -0.05) is 0 Å². The Morgan fingerprint density at radius 2 is 1.94 bits per heavy atom. The summed E-state index contributed by atoms with van der Waals surface area (Å²) in [6.07, 6.45) is 5.79. The van der Waals surface area contributed by atoms with Crippen LogP contribution in [0.4, 0.5) is 23.1 Å². The Bertz CT molecular complexity index is 1360. The number of likely N-dealkylation sites (N-methyl/N-ethyl adjacent to an activating group) is 1. The Balaban J connectivity index is 1.49. The highest BCUT2D eigenvalue weighted by atomic mass is 16.2. The van der Waals surface area contributed by atoms with Gasteiger partial charge in [-0.2, -0.15) is 5.10 Å². The number of nitrogens with two attached hydrogens (primary N) is 2. The number of hydrogen-bond donors (Lipinski definition) is 3. The van der Waals surface area contributed by atoms with E-state index in [4.69, 9.17) is 11.5 Å². The molecule has 1 amide bonds. The predicted octanol–water partition coefficient (Wildman–Crippen LogP) is 2.12. The zero-order chi connectivity index (χ0) is 22.4. The van der Waals surface area contributed by atoms with Crippen molar-refractivity contribution < 1.29 is 4.79 Å². The second-order valence-corrected chi connectivity index (χ2v) is 7.95. The first-order chi connectivity index (χ1) is 15.4. The highest BCUT2D eigenvalue weighted by Gasteiger charge is 2.19. The second kappa shape index (κ2) is 7.49. The fourth-order valence-corrected chi connectivity index (χ4v) is 3.82. The Morgan fingerprint density at radius 3 is 2.78 bits per heavy atom. The summed E-state index contributed by atoms with van der Waals surface area (Å²) in [5, 5.41) is 9.40. The molecule has 0 saturated carbocycles. The molecule has 4 aromatic heterocycles. The van der Waals surface area contributed by atoms with Crippen molar-refractivity contribution in [2.75, 3.05) is 30.4 Å². The van der Waals surface area contributed by atoms with Crippen LogP contribution in [-0.2, 0) is 17.8 Å². The van der Waals surface area contributed by atoms with E-state index >= 15 is 0 Å². The van der Waals surface area contributed by atoms with Gasteiger partial charge in [-0.15, -0.1) is 0 Å². The number of nitrogen functional groups attached to an aromatic ring is 2. The average Bonchev–Trinajstić information content (AvgIpc) is 3.08. The number of amides is 1. The van der Waals surface area contributed by atoms with Gasteiger partial charge in [0, 0.05) is 55.1 Å².